The maximum absolute atomic E-state index is 14.1. The minimum absolute atomic E-state index is 0.314. The van der Waals surface area contributed by atoms with Crippen molar-refractivity contribution in [2.75, 3.05) is 0 Å². The molecule has 1 aliphatic rings. The topological polar surface area (TPSA) is 54.2 Å². The van der Waals surface area contributed by atoms with Gasteiger partial charge in [-0.2, -0.15) is 4.98 Å². The van der Waals surface area contributed by atoms with Gasteiger partial charge in [-0.1, -0.05) is 54.5 Å². The largest absolute Gasteiger partial charge is 0.351 e. The molecule has 1 unspecified atom stereocenters. The Kier molecular flexibility index (Phi) is 6.26. The number of halogens is 1. The lowest BCUT2D eigenvalue weighted by molar-refractivity contribution is 0.396. The fraction of sp³-hybridized carbons (Fsp3) is 0.192. The summed E-state index contributed by atoms with van der Waals surface area (Å²) in [7, 11) is 0. The molecule has 0 radical (unpaired) electrons. The van der Waals surface area contributed by atoms with Gasteiger partial charge in [-0.05, 0) is 65.8 Å². The summed E-state index contributed by atoms with van der Waals surface area (Å²) >= 11 is 7.30. The van der Waals surface area contributed by atoms with E-state index in [2.05, 4.69) is 46.6 Å². The highest BCUT2D eigenvalue weighted by Crippen LogP contribution is 2.38. The van der Waals surface area contributed by atoms with Crippen molar-refractivity contribution in [1.82, 2.24) is 20.4 Å². The first-order valence-electron chi connectivity index (χ1n) is 11.0. The van der Waals surface area contributed by atoms with Gasteiger partial charge >= 0.3 is 0 Å². The highest BCUT2D eigenvalue weighted by atomic mass is 32.1. The van der Waals surface area contributed by atoms with E-state index in [0.717, 1.165) is 33.7 Å². The lowest BCUT2D eigenvalue weighted by Crippen LogP contribution is -2.45. The fourth-order valence-electron chi connectivity index (χ4n) is 4.09. The lowest BCUT2D eigenvalue weighted by atomic mass is 9.94. The van der Waals surface area contributed by atoms with Gasteiger partial charge in [0.2, 0.25) is 5.82 Å². The zero-order chi connectivity index (χ0) is 23.7. The average molecular weight is 491 g/mol. The second-order valence-corrected chi connectivity index (χ2v) is 9.43. The van der Waals surface area contributed by atoms with Crippen LogP contribution in [0.1, 0.15) is 42.5 Å². The zero-order valence-electron chi connectivity index (χ0n) is 18.8. The number of rotatable bonds is 6. The monoisotopic (exact) mass is 490 g/mol. The van der Waals surface area contributed by atoms with E-state index in [4.69, 9.17) is 16.7 Å². The molecule has 5 nitrogen and oxygen atoms in total. The van der Waals surface area contributed by atoms with E-state index >= 15 is 0 Å². The first-order chi connectivity index (χ1) is 16.5. The molecule has 3 heterocycles. The molecule has 0 saturated carbocycles. The fourth-order valence-corrected chi connectivity index (χ4v) is 5.06. The molecule has 4 aromatic rings. The van der Waals surface area contributed by atoms with E-state index in [1.54, 1.807) is 17.4 Å². The Balaban J connectivity index is 1.58. The normalized spacial score (nSPS) is 16.1. The maximum atomic E-state index is 14.1. The average Bonchev–Trinajstić information content (AvgIpc) is 3.54. The predicted octanol–water partition coefficient (Wildman–Crippen LogP) is 6.36. The molecule has 0 fully saturated rings. The number of allylic oxidation sites excluding steroid dienone is 1. The van der Waals surface area contributed by atoms with Crippen molar-refractivity contribution >= 4 is 34.2 Å². The highest BCUT2D eigenvalue weighted by molar-refractivity contribution is 7.80. The van der Waals surface area contributed by atoms with Crippen LogP contribution in [0.4, 0.5) is 4.39 Å². The summed E-state index contributed by atoms with van der Waals surface area (Å²) in [6.07, 6.45) is 0.992. The molecule has 8 heteroatoms. The highest BCUT2D eigenvalue weighted by Gasteiger charge is 2.34. The number of hydrogen-bond acceptors (Lipinski definition) is 5. The Hall–Kier alpha value is -3.36. The van der Waals surface area contributed by atoms with Crippen LogP contribution >= 0.6 is 23.6 Å². The van der Waals surface area contributed by atoms with E-state index in [9.17, 15) is 4.39 Å². The molecule has 5 rings (SSSR count). The van der Waals surface area contributed by atoms with Gasteiger partial charge in [0.25, 0.3) is 5.89 Å². The minimum atomic E-state index is -0.418. The molecule has 0 amide bonds. The molecular weight excluding hydrogens is 467 g/mol. The quantitative estimate of drug-likeness (QED) is 0.317. The van der Waals surface area contributed by atoms with Crippen LogP contribution in [-0.4, -0.2) is 20.2 Å². The molecule has 34 heavy (non-hydrogen) atoms. The number of aromatic nitrogens is 2. The van der Waals surface area contributed by atoms with Crippen LogP contribution in [-0.2, 0) is 13.0 Å². The Morgan fingerprint density at radius 1 is 1.12 bits per heavy atom. The van der Waals surface area contributed by atoms with Gasteiger partial charge in [0.15, 0.2) is 5.11 Å². The van der Waals surface area contributed by atoms with Crippen LogP contribution < -0.4 is 5.32 Å². The van der Waals surface area contributed by atoms with Crippen molar-refractivity contribution in [3.63, 3.8) is 0 Å². The summed E-state index contributed by atoms with van der Waals surface area (Å²) in [6, 6.07) is 18.5. The van der Waals surface area contributed by atoms with Crippen molar-refractivity contribution in [1.29, 1.82) is 0 Å². The number of hydrogen-bond donors (Lipinski definition) is 1. The molecule has 1 aliphatic heterocycles. The summed E-state index contributed by atoms with van der Waals surface area (Å²) < 4.78 is 19.9. The molecular formula is C26H23FN4OS2. The van der Waals surface area contributed by atoms with Crippen LogP contribution in [0.2, 0.25) is 0 Å². The lowest BCUT2D eigenvalue weighted by Gasteiger charge is -2.37. The predicted molar refractivity (Wildman–Crippen MR) is 136 cm³/mol. The molecule has 0 bridgehead atoms. The summed E-state index contributed by atoms with van der Waals surface area (Å²) in [6.45, 7) is 4.72. The van der Waals surface area contributed by atoms with Crippen molar-refractivity contribution in [2.45, 2.75) is 32.9 Å². The van der Waals surface area contributed by atoms with Crippen LogP contribution in [0.15, 0.2) is 76.3 Å². The van der Waals surface area contributed by atoms with Crippen LogP contribution in [0.3, 0.4) is 0 Å². The van der Waals surface area contributed by atoms with Crippen LogP contribution in [0, 0.1) is 5.82 Å². The smallest absolute Gasteiger partial charge is 0.258 e. The van der Waals surface area contributed by atoms with E-state index in [-0.39, 0.29) is 5.82 Å². The molecule has 1 N–H and O–H groups in total. The number of thiophene rings is 1. The summed E-state index contributed by atoms with van der Waals surface area (Å²) in [4.78, 5) is 7.63. The van der Waals surface area contributed by atoms with Gasteiger partial charge in [0.1, 0.15) is 5.82 Å². The molecule has 172 valence electrons. The third kappa shape index (κ3) is 4.38. The van der Waals surface area contributed by atoms with Crippen LogP contribution in [0.25, 0.3) is 16.3 Å². The minimum Gasteiger partial charge on any atom is -0.351 e. The zero-order valence-corrected chi connectivity index (χ0v) is 20.4. The maximum Gasteiger partial charge on any atom is 0.258 e. The van der Waals surface area contributed by atoms with Crippen molar-refractivity contribution in [3.8, 4) is 10.7 Å². The molecule has 2 aromatic carbocycles. The third-order valence-electron chi connectivity index (χ3n) is 5.95. The summed E-state index contributed by atoms with van der Waals surface area (Å²) in [5, 5.41) is 10.1. The Bertz CT molecular complexity index is 1350. The van der Waals surface area contributed by atoms with E-state index in [0.29, 0.717) is 23.4 Å². The number of thiocarbonyl (C=S) groups is 1. The number of aryl methyl sites for hydroxylation is 1. The van der Waals surface area contributed by atoms with Gasteiger partial charge in [-0.25, -0.2) is 4.39 Å². The first-order valence-corrected chi connectivity index (χ1v) is 12.3. The molecule has 0 spiro atoms. The van der Waals surface area contributed by atoms with Crippen molar-refractivity contribution in [3.05, 3.63) is 100 Å². The van der Waals surface area contributed by atoms with E-state index < -0.39 is 6.04 Å². The first kappa shape index (κ1) is 22.4. The standard InChI is InChI=1S/C26H23FN4OS2/c1-3-17-9-11-18(12-10-17)15-31-16(2)22(25-29-24(30-32-25)21-8-5-13-34-21)23(28-26(31)33)19-6-4-7-20(27)14-19/h4-14,23H,3,15H2,1-2H3,(H,28,33). The van der Waals surface area contributed by atoms with Crippen molar-refractivity contribution in [2.24, 2.45) is 0 Å². The molecule has 1 atom stereocenters. The summed E-state index contributed by atoms with van der Waals surface area (Å²) in [5.74, 6) is 0.597. The second kappa shape index (κ2) is 9.48. The van der Waals surface area contributed by atoms with Gasteiger partial charge < -0.3 is 14.7 Å². The molecule has 2 aromatic heterocycles. The van der Waals surface area contributed by atoms with Crippen molar-refractivity contribution < 1.29 is 8.91 Å². The van der Waals surface area contributed by atoms with Gasteiger partial charge in [-0.3, -0.25) is 0 Å². The molecule has 0 aliphatic carbocycles. The van der Waals surface area contributed by atoms with Gasteiger partial charge in [-0.15, -0.1) is 11.3 Å². The van der Waals surface area contributed by atoms with Gasteiger partial charge in [0, 0.05) is 12.2 Å². The summed E-state index contributed by atoms with van der Waals surface area (Å²) in [5.41, 5.74) is 4.82. The Morgan fingerprint density at radius 3 is 2.62 bits per heavy atom. The van der Waals surface area contributed by atoms with E-state index in [1.807, 2.05) is 35.4 Å². The number of benzene rings is 2. The van der Waals surface area contributed by atoms with Crippen LogP contribution in [0.5, 0.6) is 0 Å². The van der Waals surface area contributed by atoms with Gasteiger partial charge in [0.05, 0.1) is 16.5 Å². The SMILES string of the molecule is CCc1ccc(CN2C(=S)NC(c3cccc(F)c3)C(c3nc(-c4cccs4)no3)=C2C)cc1. The second-order valence-electron chi connectivity index (χ2n) is 8.09. The Morgan fingerprint density at radius 2 is 1.91 bits per heavy atom. The molecule has 0 saturated heterocycles. The number of nitrogens with zero attached hydrogens (tertiary/aromatic N) is 3. The number of nitrogens with one attached hydrogen (secondary N) is 1. The van der Waals surface area contributed by atoms with E-state index in [1.165, 1.54) is 17.7 Å². The third-order valence-corrected chi connectivity index (χ3v) is 7.15. The Labute approximate surface area is 206 Å².